The van der Waals surface area contributed by atoms with Crippen LogP contribution in [-0.2, 0) is 4.79 Å². The number of anilines is 2. The molecule has 20 heavy (non-hydrogen) atoms. The van der Waals surface area contributed by atoms with Crippen LogP contribution in [0.4, 0.5) is 10.3 Å². The predicted molar refractivity (Wildman–Crippen MR) is 85.5 cm³/mol. The van der Waals surface area contributed by atoms with E-state index >= 15 is 0 Å². The maximum Gasteiger partial charge on any atom is 0.236 e. The molecule has 2 heterocycles. The number of thioether (sulfide) groups is 1. The van der Waals surface area contributed by atoms with Gasteiger partial charge in [-0.25, -0.2) is 9.97 Å². The van der Waals surface area contributed by atoms with Crippen molar-refractivity contribution < 1.29 is 4.79 Å². The first kappa shape index (κ1) is 13.3. The lowest BCUT2D eigenvalue weighted by molar-refractivity contribution is -0.113. The Morgan fingerprint density at radius 1 is 1.35 bits per heavy atom. The van der Waals surface area contributed by atoms with Crippen LogP contribution in [0.5, 0.6) is 0 Å². The third kappa shape index (κ3) is 3.09. The molecule has 0 bridgehead atoms. The Labute approximate surface area is 127 Å². The molecule has 3 rings (SSSR count). The average Bonchev–Trinajstić information content (AvgIpc) is 3.01. The minimum atomic E-state index is -0.0824. The molecule has 0 saturated heterocycles. The summed E-state index contributed by atoms with van der Waals surface area (Å²) in [6.45, 7) is 0. The quantitative estimate of drug-likeness (QED) is 0.722. The van der Waals surface area contributed by atoms with Crippen molar-refractivity contribution in [2.45, 2.75) is 4.21 Å². The standard InChI is InChI=1S/C12H10N4OS3/c13-11-14-5-10(20-11)18-6-9(17)16-12-15-7-3-1-2-4-8(7)19-12/h1-5H,6H2,(H2,13,14)(H,15,16,17). The molecule has 0 saturated carbocycles. The summed E-state index contributed by atoms with van der Waals surface area (Å²) in [4.78, 5) is 20.2. The maximum absolute atomic E-state index is 11.9. The fourth-order valence-electron chi connectivity index (χ4n) is 1.56. The minimum Gasteiger partial charge on any atom is -0.375 e. The second kappa shape index (κ2) is 5.78. The van der Waals surface area contributed by atoms with Crippen molar-refractivity contribution in [3.63, 3.8) is 0 Å². The summed E-state index contributed by atoms with van der Waals surface area (Å²) < 4.78 is 1.99. The van der Waals surface area contributed by atoms with Crippen molar-refractivity contribution in [3.05, 3.63) is 30.5 Å². The molecule has 8 heteroatoms. The van der Waals surface area contributed by atoms with Crippen molar-refractivity contribution in [2.75, 3.05) is 16.8 Å². The molecule has 0 unspecified atom stereocenters. The van der Waals surface area contributed by atoms with Crippen LogP contribution < -0.4 is 11.1 Å². The van der Waals surface area contributed by atoms with Crippen molar-refractivity contribution in [2.24, 2.45) is 0 Å². The Hall–Kier alpha value is -1.64. The van der Waals surface area contributed by atoms with Gasteiger partial charge in [-0.05, 0) is 12.1 Å². The summed E-state index contributed by atoms with van der Waals surface area (Å²) in [5, 5.41) is 3.95. The number of nitrogens with two attached hydrogens (primary N) is 1. The van der Waals surface area contributed by atoms with Gasteiger partial charge in [0.05, 0.1) is 26.4 Å². The highest BCUT2D eigenvalue weighted by atomic mass is 32.2. The monoisotopic (exact) mass is 322 g/mol. The number of para-hydroxylation sites is 1. The molecule has 0 aliphatic rings. The number of aromatic nitrogens is 2. The molecule has 1 aromatic carbocycles. The van der Waals surface area contributed by atoms with Crippen molar-refractivity contribution in [1.82, 2.24) is 9.97 Å². The van der Waals surface area contributed by atoms with Crippen LogP contribution in [0.25, 0.3) is 10.2 Å². The lowest BCUT2D eigenvalue weighted by atomic mass is 10.3. The van der Waals surface area contributed by atoms with E-state index in [1.807, 2.05) is 24.3 Å². The van der Waals surface area contributed by atoms with Gasteiger partial charge in [0.1, 0.15) is 0 Å². The van der Waals surface area contributed by atoms with E-state index in [2.05, 4.69) is 15.3 Å². The molecule has 2 aromatic heterocycles. The first-order valence-corrected chi connectivity index (χ1v) is 8.32. The van der Waals surface area contributed by atoms with Gasteiger partial charge in [-0.15, -0.1) is 11.8 Å². The number of carbonyl (C=O) groups is 1. The maximum atomic E-state index is 11.9. The highest BCUT2D eigenvalue weighted by Gasteiger charge is 2.09. The van der Waals surface area contributed by atoms with Crippen LogP contribution in [0, 0.1) is 0 Å². The number of rotatable bonds is 4. The van der Waals surface area contributed by atoms with E-state index < -0.39 is 0 Å². The number of thiazole rings is 2. The summed E-state index contributed by atoms with van der Waals surface area (Å²) in [7, 11) is 0. The molecule has 5 nitrogen and oxygen atoms in total. The summed E-state index contributed by atoms with van der Waals surface area (Å²) in [5.74, 6) is 0.235. The number of amides is 1. The van der Waals surface area contributed by atoms with Crippen LogP contribution in [0.2, 0.25) is 0 Å². The van der Waals surface area contributed by atoms with Gasteiger partial charge >= 0.3 is 0 Å². The van der Waals surface area contributed by atoms with E-state index in [1.54, 1.807) is 6.20 Å². The lowest BCUT2D eigenvalue weighted by Gasteiger charge is -1.99. The van der Waals surface area contributed by atoms with Crippen LogP contribution in [0.15, 0.2) is 34.7 Å². The molecule has 0 fully saturated rings. The van der Waals surface area contributed by atoms with E-state index in [1.165, 1.54) is 34.4 Å². The average molecular weight is 322 g/mol. The van der Waals surface area contributed by atoms with Gasteiger partial charge in [0.15, 0.2) is 10.3 Å². The Bertz CT molecular complexity index is 719. The van der Waals surface area contributed by atoms with Gasteiger partial charge in [0, 0.05) is 0 Å². The fraction of sp³-hybridized carbons (Fsp3) is 0.0833. The molecule has 102 valence electrons. The number of carbonyl (C=O) groups excluding carboxylic acids is 1. The molecule has 0 radical (unpaired) electrons. The summed E-state index contributed by atoms with van der Waals surface area (Å²) in [6.07, 6.45) is 1.68. The Morgan fingerprint density at radius 3 is 2.95 bits per heavy atom. The topological polar surface area (TPSA) is 80.9 Å². The third-order valence-electron chi connectivity index (χ3n) is 2.39. The molecule has 0 atom stereocenters. The smallest absolute Gasteiger partial charge is 0.236 e. The molecular formula is C12H10N4OS3. The van der Waals surface area contributed by atoms with Gasteiger partial charge in [-0.1, -0.05) is 34.8 Å². The zero-order valence-electron chi connectivity index (χ0n) is 10.2. The normalized spacial score (nSPS) is 10.8. The lowest BCUT2D eigenvalue weighted by Crippen LogP contribution is -2.13. The highest BCUT2D eigenvalue weighted by molar-refractivity contribution is 8.01. The van der Waals surface area contributed by atoms with Crippen LogP contribution in [0.1, 0.15) is 0 Å². The predicted octanol–water partition coefficient (Wildman–Crippen LogP) is 3.07. The second-order valence-corrected chi connectivity index (χ2v) is 7.21. The molecule has 0 aliphatic heterocycles. The van der Waals surface area contributed by atoms with E-state index in [9.17, 15) is 4.79 Å². The Kier molecular flexibility index (Phi) is 3.86. The molecule has 3 N–H and O–H groups in total. The van der Waals surface area contributed by atoms with Crippen molar-refractivity contribution >= 4 is 60.8 Å². The van der Waals surface area contributed by atoms with E-state index in [0.717, 1.165) is 14.4 Å². The zero-order valence-corrected chi connectivity index (χ0v) is 12.6. The van der Waals surface area contributed by atoms with Crippen molar-refractivity contribution in [1.29, 1.82) is 0 Å². The number of hydrogen-bond acceptors (Lipinski definition) is 7. The number of nitrogen functional groups attached to an aromatic ring is 1. The molecule has 1 amide bonds. The molecule has 3 aromatic rings. The molecule has 0 spiro atoms. The summed E-state index contributed by atoms with van der Waals surface area (Å²) in [5.41, 5.74) is 6.44. The summed E-state index contributed by atoms with van der Waals surface area (Å²) in [6, 6.07) is 7.79. The minimum absolute atomic E-state index is 0.0824. The van der Waals surface area contributed by atoms with Crippen LogP contribution in [0.3, 0.4) is 0 Å². The Balaban J connectivity index is 1.60. The SMILES string of the molecule is Nc1ncc(SCC(=O)Nc2nc3ccccc3s2)s1. The Morgan fingerprint density at radius 2 is 2.20 bits per heavy atom. The van der Waals surface area contributed by atoms with Gasteiger partial charge in [-0.2, -0.15) is 0 Å². The fourth-order valence-corrected chi connectivity index (χ4v) is 4.00. The van der Waals surface area contributed by atoms with E-state index in [-0.39, 0.29) is 5.91 Å². The van der Waals surface area contributed by atoms with Gasteiger partial charge < -0.3 is 11.1 Å². The third-order valence-corrected chi connectivity index (χ3v) is 5.36. The van der Waals surface area contributed by atoms with Gasteiger partial charge in [0.2, 0.25) is 5.91 Å². The number of nitrogens with one attached hydrogen (secondary N) is 1. The number of benzene rings is 1. The van der Waals surface area contributed by atoms with E-state index in [0.29, 0.717) is 16.0 Å². The highest BCUT2D eigenvalue weighted by Crippen LogP contribution is 2.28. The second-order valence-electron chi connectivity index (χ2n) is 3.84. The van der Waals surface area contributed by atoms with Gasteiger partial charge in [-0.3, -0.25) is 4.79 Å². The summed E-state index contributed by atoms with van der Waals surface area (Å²) >= 11 is 4.26. The number of fused-ring (bicyclic) bond motifs is 1. The molecular weight excluding hydrogens is 312 g/mol. The van der Waals surface area contributed by atoms with E-state index in [4.69, 9.17) is 5.73 Å². The molecule has 0 aliphatic carbocycles. The van der Waals surface area contributed by atoms with Crippen LogP contribution >= 0.6 is 34.4 Å². The first-order valence-electron chi connectivity index (χ1n) is 5.70. The largest absolute Gasteiger partial charge is 0.375 e. The van der Waals surface area contributed by atoms with Crippen LogP contribution in [-0.4, -0.2) is 21.6 Å². The van der Waals surface area contributed by atoms with Crippen molar-refractivity contribution in [3.8, 4) is 0 Å². The van der Waals surface area contributed by atoms with Gasteiger partial charge in [0.25, 0.3) is 0 Å². The first-order chi connectivity index (χ1) is 9.70. The number of nitrogens with zero attached hydrogens (tertiary/aromatic N) is 2. The number of hydrogen-bond donors (Lipinski definition) is 2. The zero-order chi connectivity index (χ0) is 13.9.